The molecule has 2 rings (SSSR count). The van der Waals surface area contributed by atoms with Crippen LogP contribution < -0.4 is 5.32 Å². The van der Waals surface area contributed by atoms with Crippen molar-refractivity contribution in [1.82, 2.24) is 10.2 Å². The fraction of sp³-hybridized carbons (Fsp3) is 1.00. The number of nitrogens with zero attached hydrogens (tertiary/aromatic N) is 1. The first kappa shape index (κ1) is 12.4. The van der Waals surface area contributed by atoms with Gasteiger partial charge in [0.2, 0.25) is 0 Å². The lowest BCUT2D eigenvalue weighted by molar-refractivity contribution is 0.292. The molecule has 0 aromatic heterocycles. The molecule has 3 atom stereocenters. The third kappa shape index (κ3) is 3.21. The molecule has 0 bridgehead atoms. The number of likely N-dealkylation sites (tertiary alicyclic amines) is 1. The minimum atomic E-state index is 0.794. The van der Waals surface area contributed by atoms with Gasteiger partial charge in [0.05, 0.1) is 0 Å². The Kier molecular flexibility index (Phi) is 4.66. The van der Waals surface area contributed by atoms with Crippen molar-refractivity contribution in [2.45, 2.75) is 64.5 Å². The molecule has 1 aliphatic carbocycles. The summed E-state index contributed by atoms with van der Waals surface area (Å²) in [5.74, 6) is 0.908. The van der Waals surface area contributed by atoms with Gasteiger partial charge in [0, 0.05) is 12.1 Å². The quantitative estimate of drug-likeness (QED) is 0.793. The SMILES string of the molecule is CCN1CCCC(NC2CCCC2C)CC1. The van der Waals surface area contributed by atoms with E-state index in [1.807, 2.05) is 0 Å². The molecule has 1 saturated heterocycles. The molecule has 1 saturated carbocycles. The zero-order chi connectivity index (χ0) is 11.4. The van der Waals surface area contributed by atoms with Gasteiger partial charge in [-0.15, -0.1) is 0 Å². The second kappa shape index (κ2) is 6.02. The molecule has 2 heteroatoms. The molecule has 1 aliphatic heterocycles. The van der Waals surface area contributed by atoms with E-state index in [-0.39, 0.29) is 0 Å². The third-order valence-corrected chi connectivity index (χ3v) is 4.58. The maximum atomic E-state index is 3.93. The summed E-state index contributed by atoms with van der Waals surface area (Å²) in [6.45, 7) is 8.54. The van der Waals surface area contributed by atoms with Crippen LogP contribution in [-0.4, -0.2) is 36.6 Å². The van der Waals surface area contributed by atoms with Crippen molar-refractivity contribution in [3.05, 3.63) is 0 Å². The Morgan fingerprint density at radius 1 is 1.06 bits per heavy atom. The monoisotopic (exact) mass is 224 g/mol. The van der Waals surface area contributed by atoms with Crippen molar-refractivity contribution in [3.8, 4) is 0 Å². The molecule has 0 radical (unpaired) electrons. The molecule has 1 heterocycles. The van der Waals surface area contributed by atoms with E-state index < -0.39 is 0 Å². The molecular weight excluding hydrogens is 196 g/mol. The number of rotatable bonds is 3. The number of hydrogen-bond acceptors (Lipinski definition) is 2. The van der Waals surface area contributed by atoms with Crippen molar-refractivity contribution in [2.24, 2.45) is 5.92 Å². The van der Waals surface area contributed by atoms with Crippen LogP contribution >= 0.6 is 0 Å². The van der Waals surface area contributed by atoms with Crippen LogP contribution in [0.5, 0.6) is 0 Å². The summed E-state index contributed by atoms with van der Waals surface area (Å²) in [5.41, 5.74) is 0. The van der Waals surface area contributed by atoms with E-state index in [0.29, 0.717) is 0 Å². The average molecular weight is 224 g/mol. The smallest absolute Gasteiger partial charge is 0.00952 e. The Morgan fingerprint density at radius 3 is 2.62 bits per heavy atom. The second-order valence-corrected chi connectivity index (χ2v) is 5.74. The lowest BCUT2D eigenvalue weighted by atomic mass is 10.0. The van der Waals surface area contributed by atoms with Crippen LogP contribution in [0.25, 0.3) is 0 Å². The van der Waals surface area contributed by atoms with Crippen molar-refractivity contribution in [2.75, 3.05) is 19.6 Å². The highest BCUT2D eigenvalue weighted by Gasteiger charge is 2.26. The molecule has 16 heavy (non-hydrogen) atoms. The van der Waals surface area contributed by atoms with Crippen LogP contribution in [0.3, 0.4) is 0 Å². The van der Waals surface area contributed by atoms with E-state index in [2.05, 4.69) is 24.1 Å². The third-order valence-electron chi connectivity index (χ3n) is 4.58. The Morgan fingerprint density at radius 2 is 1.94 bits per heavy atom. The van der Waals surface area contributed by atoms with Crippen molar-refractivity contribution in [1.29, 1.82) is 0 Å². The minimum Gasteiger partial charge on any atom is -0.311 e. The Balaban J connectivity index is 1.77. The highest BCUT2D eigenvalue weighted by atomic mass is 15.1. The van der Waals surface area contributed by atoms with Gasteiger partial charge in [-0.1, -0.05) is 20.3 Å². The number of nitrogens with one attached hydrogen (secondary N) is 1. The molecule has 1 N–H and O–H groups in total. The summed E-state index contributed by atoms with van der Waals surface area (Å²) in [6.07, 6.45) is 8.41. The molecule has 0 spiro atoms. The van der Waals surface area contributed by atoms with Crippen LogP contribution in [-0.2, 0) is 0 Å². The van der Waals surface area contributed by atoms with Gasteiger partial charge >= 0.3 is 0 Å². The van der Waals surface area contributed by atoms with Crippen molar-refractivity contribution in [3.63, 3.8) is 0 Å². The molecule has 0 aromatic rings. The van der Waals surface area contributed by atoms with Gasteiger partial charge in [-0.2, -0.15) is 0 Å². The normalized spacial score (nSPS) is 37.5. The second-order valence-electron chi connectivity index (χ2n) is 5.74. The summed E-state index contributed by atoms with van der Waals surface area (Å²) in [4.78, 5) is 2.60. The van der Waals surface area contributed by atoms with E-state index in [1.54, 1.807) is 0 Å². The van der Waals surface area contributed by atoms with Crippen LogP contribution in [0, 0.1) is 5.92 Å². The molecule has 2 nitrogen and oxygen atoms in total. The van der Waals surface area contributed by atoms with E-state index in [9.17, 15) is 0 Å². The van der Waals surface area contributed by atoms with Gasteiger partial charge in [-0.3, -0.25) is 0 Å². The summed E-state index contributed by atoms with van der Waals surface area (Å²) < 4.78 is 0. The molecule has 0 aromatic carbocycles. The fourth-order valence-electron chi connectivity index (χ4n) is 3.33. The lowest BCUT2D eigenvalue weighted by Crippen LogP contribution is -2.40. The van der Waals surface area contributed by atoms with E-state index >= 15 is 0 Å². The van der Waals surface area contributed by atoms with Crippen molar-refractivity contribution >= 4 is 0 Å². The standard InChI is InChI=1S/C14H28N2/c1-3-16-10-5-7-13(9-11-16)15-14-8-4-6-12(14)2/h12-15H,3-11H2,1-2H3. The maximum absolute atomic E-state index is 3.93. The summed E-state index contributed by atoms with van der Waals surface area (Å²) in [6, 6.07) is 1.61. The Bertz CT molecular complexity index is 205. The Labute approximate surface area is 101 Å². The van der Waals surface area contributed by atoms with Gasteiger partial charge in [-0.25, -0.2) is 0 Å². The topological polar surface area (TPSA) is 15.3 Å². The molecule has 3 unspecified atom stereocenters. The average Bonchev–Trinajstić information content (AvgIpc) is 2.56. The molecule has 0 amide bonds. The highest BCUT2D eigenvalue weighted by Crippen LogP contribution is 2.26. The van der Waals surface area contributed by atoms with Crippen LogP contribution in [0.2, 0.25) is 0 Å². The largest absolute Gasteiger partial charge is 0.311 e. The van der Waals surface area contributed by atoms with Crippen LogP contribution in [0.4, 0.5) is 0 Å². The molecule has 2 fully saturated rings. The summed E-state index contributed by atoms with van der Waals surface area (Å²) in [7, 11) is 0. The van der Waals surface area contributed by atoms with Gasteiger partial charge in [0.25, 0.3) is 0 Å². The van der Waals surface area contributed by atoms with Crippen LogP contribution in [0.1, 0.15) is 52.4 Å². The Hall–Kier alpha value is -0.0800. The first-order chi connectivity index (χ1) is 7.79. The maximum Gasteiger partial charge on any atom is 0.00952 e. The zero-order valence-electron chi connectivity index (χ0n) is 11.0. The summed E-state index contributed by atoms with van der Waals surface area (Å²) >= 11 is 0. The van der Waals surface area contributed by atoms with Gasteiger partial charge in [-0.05, 0) is 57.7 Å². The van der Waals surface area contributed by atoms with E-state index in [1.165, 1.54) is 58.2 Å². The molecular formula is C14H28N2. The first-order valence-electron chi connectivity index (χ1n) is 7.28. The first-order valence-corrected chi connectivity index (χ1v) is 7.28. The summed E-state index contributed by atoms with van der Waals surface area (Å²) in [5, 5.41) is 3.93. The lowest BCUT2D eigenvalue weighted by Gasteiger charge is -2.24. The van der Waals surface area contributed by atoms with Crippen molar-refractivity contribution < 1.29 is 0 Å². The predicted molar refractivity (Wildman–Crippen MR) is 69.7 cm³/mol. The molecule has 2 aliphatic rings. The number of hydrogen-bond donors (Lipinski definition) is 1. The van der Waals surface area contributed by atoms with Gasteiger partial charge in [0.1, 0.15) is 0 Å². The highest BCUT2D eigenvalue weighted by molar-refractivity contribution is 4.85. The predicted octanol–water partition coefficient (Wildman–Crippen LogP) is 2.64. The zero-order valence-corrected chi connectivity index (χ0v) is 11.0. The minimum absolute atomic E-state index is 0.794. The molecule has 94 valence electrons. The fourth-order valence-corrected chi connectivity index (χ4v) is 3.33. The van der Waals surface area contributed by atoms with E-state index in [0.717, 1.165) is 18.0 Å². The van der Waals surface area contributed by atoms with E-state index in [4.69, 9.17) is 0 Å². The van der Waals surface area contributed by atoms with Gasteiger partial charge < -0.3 is 10.2 Å². The van der Waals surface area contributed by atoms with Gasteiger partial charge in [0.15, 0.2) is 0 Å². The van der Waals surface area contributed by atoms with Crippen LogP contribution in [0.15, 0.2) is 0 Å².